The average Bonchev–Trinajstić information content (AvgIpc) is 2.39. The summed E-state index contributed by atoms with van der Waals surface area (Å²) >= 11 is 0. The number of hydrogen-bond acceptors (Lipinski definition) is 2. The predicted octanol–water partition coefficient (Wildman–Crippen LogP) is 2.03. The number of nitrogens with zero attached hydrogens (tertiary/aromatic N) is 2. The Morgan fingerprint density at radius 3 is 2.47 bits per heavy atom. The van der Waals surface area contributed by atoms with E-state index in [4.69, 9.17) is 5.73 Å². The Labute approximate surface area is 92.7 Å². The summed E-state index contributed by atoms with van der Waals surface area (Å²) in [6.45, 7) is 8.58. The van der Waals surface area contributed by atoms with Crippen molar-refractivity contribution in [1.29, 1.82) is 0 Å². The van der Waals surface area contributed by atoms with Crippen LogP contribution in [-0.2, 0) is 13.5 Å². The third-order valence-electron chi connectivity index (χ3n) is 2.92. The van der Waals surface area contributed by atoms with Crippen molar-refractivity contribution >= 4 is 0 Å². The lowest BCUT2D eigenvalue weighted by Crippen LogP contribution is -2.35. The minimum atomic E-state index is 0.188. The van der Waals surface area contributed by atoms with Crippen LogP contribution in [0.2, 0.25) is 0 Å². The Morgan fingerprint density at radius 1 is 1.47 bits per heavy atom. The Bertz CT molecular complexity index is 320. The van der Waals surface area contributed by atoms with E-state index < -0.39 is 0 Å². The van der Waals surface area contributed by atoms with Crippen molar-refractivity contribution in [3.8, 4) is 0 Å². The molecule has 2 N–H and O–H groups in total. The Morgan fingerprint density at radius 2 is 2.07 bits per heavy atom. The molecule has 0 saturated heterocycles. The summed E-state index contributed by atoms with van der Waals surface area (Å²) in [5.41, 5.74) is 8.66. The summed E-state index contributed by atoms with van der Waals surface area (Å²) in [5.74, 6) is 0. The molecule has 0 saturated carbocycles. The predicted molar refractivity (Wildman–Crippen MR) is 63.7 cm³/mol. The van der Waals surface area contributed by atoms with E-state index >= 15 is 0 Å². The van der Waals surface area contributed by atoms with Gasteiger partial charge in [0.15, 0.2) is 0 Å². The summed E-state index contributed by atoms with van der Waals surface area (Å²) in [5, 5.41) is 4.33. The fourth-order valence-electron chi connectivity index (χ4n) is 1.63. The van der Waals surface area contributed by atoms with Crippen LogP contribution in [0.1, 0.15) is 38.6 Å². The summed E-state index contributed by atoms with van der Waals surface area (Å²) in [6.07, 6.45) is 2.03. The van der Waals surface area contributed by atoms with Gasteiger partial charge in [-0.2, -0.15) is 5.10 Å². The maximum Gasteiger partial charge on any atom is 0.0596 e. The van der Waals surface area contributed by atoms with Crippen molar-refractivity contribution in [3.63, 3.8) is 0 Å². The topological polar surface area (TPSA) is 43.8 Å². The summed E-state index contributed by atoms with van der Waals surface area (Å²) < 4.78 is 1.95. The molecule has 1 aromatic rings. The molecule has 0 aliphatic carbocycles. The molecule has 0 bridgehead atoms. The molecule has 86 valence electrons. The smallest absolute Gasteiger partial charge is 0.0596 e. The van der Waals surface area contributed by atoms with Gasteiger partial charge in [0.25, 0.3) is 0 Å². The standard InChI is InChI=1S/C12H23N3/c1-9-8-10(15(5)14-9)6-7-11(13)12(2,3)4/h8,11H,6-7,13H2,1-5H3. The first-order valence-corrected chi connectivity index (χ1v) is 5.56. The van der Waals surface area contributed by atoms with E-state index in [-0.39, 0.29) is 11.5 Å². The SMILES string of the molecule is Cc1cc(CCC(N)C(C)(C)C)n(C)n1. The average molecular weight is 209 g/mol. The molecule has 1 unspecified atom stereocenters. The second kappa shape index (κ2) is 4.35. The van der Waals surface area contributed by atoms with Gasteiger partial charge in [-0.25, -0.2) is 0 Å². The molecule has 0 fully saturated rings. The van der Waals surface area contributed by atoms with Crippen molar-refractivity contribution in [1.82, 2.24) is 9.78 Å². The molecule has 0 aromatic carbocycles. The van der Waals surface area contributed by atoms with Crippen LogP contribution >= 0.6 is 0 Å². The first-order valence-electron chi connectivity index (χ1n) is 5.56. The van der Waals surface area contributed by atoms with E-state index in [1.807, 2.05) is 18.7 Å². The van der Waals surface area contributed by atoms with Crippen molar-refractivity contribution in [2.24, 2.45) is 18.2 Å². The van der Waals surface area contributed by atoms with E-state index in [1.54, 1.807) is 0 Å². The van der Waals surface area contributed by atoms with E-state index in [9.17, 15) is 0 Å². The lowest BCUT2D eigenvalue weighted by atomic mass is 9.84. The quantitative estimate of drug-likeness (QED) is 0.828. The maximum absolute atomic E-state index is 6.13. The van der Waals surface area contributed by atoms with Gasteiger partial charge in [-0.05, 0) is 31.2 Å². The summed E-state index contributed by atoms with van der Waals surface area (Å²) in [4.78, 5) is 0. The van der Waals surface area contributed by atoms with Crippen LogP contribution < -0.4 is 5.73 Å². The van der Waals surface area contributed by atoms with Crippen molar-refractivity contribution in [2.75, 3.05) is 0 Å². The largest absolute Gasteiger partial charge is 0.327 e. The van der Waals surface area contributed by atoms with Crippen molar-refractivity contribution < 1.29 is 0 Å². The highest BCUT2D eigenvalue weighted by molar-refractivity contribution is 5.08. The molecular weight excluding hydrogens is 186 g/mol. The van der Waals surface area contributed by atoms with E-state index in [2.05, 4.69) is 31.9 Å². The molecule has 1 aromatic heterocycles. The Balaban J connectivity index is 2.54. The molecule has 1 atom stereocenters. The van der Waals surface area contributed by atoms with Crippen LogP contribution in [0, 0.1) is 12.3 Å². The highest BCUT2D eigenvalue weighted by Crippen LogP contribution is 2.21. The second-order valence-corrected chi connectivity index (χ2v) is 5.41. The zero-order valence-electron chi connectivity index (χ0n) is 10.5. The lowest BCUT2D eigenvalue weighted by molar-refractivity contribution is 0.304. The molecule has 15 heavy (non-hydrogen) atoms. The van der Waals surface area contributed by atoms with Gasteiger partial charge >= 0.3 is 0 Å². The van der Waals surface area contributed by atoms with Crippen LogP contribution in [0.15, 0.2) is 6.07 Å². The molecule has 1 rings (SSSR count). The molecular formula is C12H23N3. The number of aryl methyl sites for hydroxylation is 3. The van der Waals surface area contributed by atoms with Crippen LogP contribution in [0.5, 0.6) is 0 Å². The van der Waals surface area contributed by atoms with E-state index in [1.165, 1.54) is 5.69 Å². The van der Waals surface area contributed by atoms with Gasteiger partial charge < -0.3 is 5.73 Å². The molecule has 1 heterocycles. The maximum atomic E-state index is 6.13. The first-order chi connectivity index (χ1) is 6.80. The van der Waals surface area contributed by atoms with Crippen LogP contribution in [-0.4, -0.2) is 15.8 Å². The molecule has 0 amide bonds. The van der Waals surface area contributed by atoms with Crippen LogP contribution in [0.25, 0.3) is 0 Å². The van der Waals surface area contributed by atoms with Crippen LogP contribution in [0.3, 0.4) is 0 Å². The van der Waals surface area contributed by atoms with Gasteiger partial charge in [0, 0.05) is 18.8 Å². The minimum Gasteiger partial charge on any atom is -0.327 e. The number of nitrogens with two attached hydrogens (primary N) is 1. The normalized spacial score (nSPS) is 14.3. The van der Waals surface area contributed by atoms with Gasteiger partial charge in [-0.15, -0.1) is 0 Å². The molecule has 3 nitrogen and oxygen atoms in total. The summed E-state index contributed by atoms with van der Waals surface area (Å²) in [7, 11) is 1.99. The van der Waals surface area contributed by atoms with Gasteiger partial charge in [-0.3, -0.25) is 4.68 Å². The second-order valence-electron chi connectivity index (χ2n) is 5.41. The van der Waals surface area contributed by atoms with E-state index in [0.29, 0.717) is 0 Å². The van der Waals surface area contributed by atoms with Crippen molar-refractivity contribution in [2.45, 2.75) is 46.6 Å². The molecule has 0 spiro atoms. The highest BCUT2D eigenvalue weighted by Gasteiger charge is 2.20. The monoisotopic (exact) mass is 209 g/mol. The van der Waals surface area contributed by atoms with Crippen LogP contribution in [0.4, 0.5) is 0 Å². The van der Waals surface area contributed by atoms with E-state index in [0.717, 1.165) is 18.5 Å². The summed E-state index contributed by atoms with van der Waals surface area (Å²) in [6, 6.07) is 2.38. The van der Waals surface area contributed by atoms with Gasteiger partial charge in [0.1, 0.15) is 0 Å². The van der Waals surface area contributed by atoms with Crippen molar-refractivity contribution in [3.05, 3.63) is 17.5 Å². The minimum absolute atomic E-state index is 0.188. The number of aromatic nitrogens is 2. The zero-order valence-corrected chi connectivity index (χ0v) is 10.5. The van der Waals surface area contributed by atoms with Gasteiger partial charge in [0.2, 0.25) is 0 Å². The third kappa shape index (κ3) is 3.34. The number of hydrogen-bond donors (Lipinski definition) is 1. The Hall–Kier alpha value is -0.830. The van der Waals surface area contributed by atoms with Gasteiger partial charge in [-0.1, -0.05) is 20.8 Å². The molecule has 0 radical (unpaired) electrons. The molecule has 0 aliphatic heterocycles. The Kier molecular flexibility index (Phi) is 3.55. The zero-order chi connectivity index (χ0) is 11.6. The fourth-order valence-corrected chi connectivity index (χ4v) is 1.63. The van der Waals surface area contributed by atoms with Gasteiger partial charge in [0.05, 0.1) is 5.69 Å². The highest BCUT2D eigenvalue weighted by atomic mass is 15.3. The first kappa shape index (κ1) is 12.2. The number of rotatable bonds is 3. The fraction of sp³-hybridized carbons (Fsp3) is 0.750. The molecule has 3 heteroatoms. The third-order valence-corrected chi connectivity index (χ3v) is 2.92. The lowest BCUT2D eigenvalue weighted by Gasteiger charge is -2.26. The molecule has 0 aliphatic rings.